The van der Waals surface area contributed by atoms with E-state index < -0.39 is 0 Å². The molecule has 140 valence electrons. The van der Waals surface area contributed by atoms with Crippen LogP contribution in [0.2, 0.25) is 0 Å². The van der Waals surface area contributed by atoms with Gasteiger partial charge in [0.25, 0.3) is 0 Å². The number of nitrogens with zero attached hydrogens (tertiary/aromatic N) is 1. The molecule has 3 aromatic rings. The van der Waals surface area contributed by atoms with Gasteiger partial charge in [-0.3, -0.25) is 4.90 Å². The van der Waals surface area contributed by atoms with E-state index >= 15 is 0 Å². The molecule has 1 aliphatic heterocycles. The van der Waals surface area contributed by atoms with Crippen LogP contribution in [0.25, 0.3) is 11.3 Å². The smallest absolute Gasteiger partial charge is 0.161 e. The van der Waals surface area contributed by atoms with Gasteiger partial charge in [-0.15, -0.1) is 0 Å². The number of hydrogen-bond donors (Lipinski definition) is 0. The molecule has 2 aromatic carbocycles. The zero-order valence-electron chi connectivity index (χ0n) is 15.9. The number of ether oxygens (including phenoxy) is 2. The fourth-order valence-electron chi connectivity index (χ4n) is 3.70. The van der Waals surface area contributed by atoms with Crippen LogP contribution in [0.4, 0.5) is 0 Å². The number of rotatable bonds is 6. The molecule has 0 atom stereocenters. The van der Waals surface area contributed by atoms with Crippen LogP contribution in [0.3, 0.4) is 0 Å². The third-order valence-electron chi connectivity index (χ3n) is 5.27. The van der Waals surface area contributed by atoms with Crippen LogP contribution in [0.15, 0.2) is 59.2 Å². The lowest BCUT2D eigenvalue weighted by molar-refractivity contribution is 0.255. The Bertz CT molecular complexity index is 885. The van der Waals surface area contributed by atoms with Gasteiger partial charge in [-0.2, -0.15) is 0 Å². The summed E-state index contributed by atoms with van der Waals surface area (Å²) in [6.45, 7) is 3.08. The quantitative estimate of drug-likeness (QED) is 0.643. The lowest BCUT2D eigenvalue weighted by atomic mass is 9.98. The van der Waals surface area contributed by atoms with E-state index in [2.05, 4.69) is 41.3 Å². The third kappa shape index (κ3) is 3.86. The SMILES string of the molecule is COc1cc2c(cc1OC)CN(CCc1ccc(-c3ccco3)cc1)CC2. The Labute approximate surface area is 160 Å². The van der Waals surface area contributed by atoms with Crippen molar-refractivity contribution in [3.05, 3.63) is 71.5 Å². The average molecular weight is 363 g/mol. The van der Waals surface area contributed by atoms with Crippen molar-refractivity contribution in [2.75, 3.05) is 27.3 Å². The highest BCUT2D eigenvalue weighted by Crippen LogP contribution is 2.33. The number of hydrogen-bond acceptors (Lipinski definition) is 4. The summed E-state index contributed by atoms with van der Waals surface area (Å²) in [5.41, 5.74) is 5.18. The Hall–Kier alpha value is -2.72. The summed E-state index contributed by atoms with van der Waals surface area (Å²) in [6, 6.07) is 16.8. The fraction of sp³-hybridized carbons (Fsp3) is 0.304. The fourth-order valence-corrected chi connectivity index (χ4v) is 3.70. The van der Waals surface area contributed by atoms with Crippen LogP contribution in [-0.4, -0.2) is 32.2 Å². The van der Waals surface area contributed by atoms with Gasteiger partial charge in [0.1, 0.15) is 5.76 Å². The van der Waals surface area contributed by atoms with Crippen molar-refractivity contribution in [1.82, 2.24) is 4.90 Å². The maximum Gasteiger partial charge on any atom is 0.161 e. The van der Waals surface area contributed by atoms with Gasteiger partial charge in [0, 0.05) is 25.2 Å². The van der Waals surface area contributed by atoms with E-state index in [9.17, 15) is 0 Å². The van der Waals surface area contributed by atoms with Gasteiger partial charge in [0.05, 0.1) is 20.5 Å². The topological polar surface area (TPSA) is 34.8 Å². The molecular weight excluding hydrogens is 338 g/mol. The molecule has 4 nitrogen and oxygen atoms in total. The van der Waals surface area contributed by atoms with Crippen molar-refractivity contribution >= 4 is 0 Å². The molecule has 0 unspecified atom stereocenters. The predicted molar refractivity (Wildman–Crippen MR) is 106 cm³/mol. The summed E-state index contributed by atoms with van der Waals surface area (Å²) in [7, 11) is 3.38. The number of benzene rings is 2. The van der Waals surface area contributed by atoms with Crippen LogP contribution in [0.5, 0.6) is 11.5 Å². The molecule has 0 amide bonds. The van der Waals surface area contributed by atoms with Gasteiger partial charge < -0.3 is 13.9 Å². The minimum Gasteiger partial charge on any atom is -0.493 e. The van der Waals surface area contributed by atoms with Crippen LogP contribution in [0.1, 0.15) is 16.7 Å². The van der Waals surface area contributed by atoms with Crippen LogP contribution in [-0.2, 0) is 19.4 Å². The van der Waals surface area contributed by atoms with E-state index in [-0.39, 0.29) is 0 Å². The first-order valence-electron chi connectivity index (χ1n) is 9.36. The van der Waals surface area contributed by atoms with E-state index in [0.717, 1.165) is 55.3 Å². The Morgan fingerprint density at radius 3 is 2.37 bits per heavy atom. The zero-order valence-corrected chi connectivity index (χ0v) is 15.9. The summed E-state index contributed by atoms with van der Waals surface area (Å²) < 4.78 is 16.3. The molecule has 0 bridgehead atoms. The largest absolute Gasteiger partial charge is 0.493 e. The van der Waals surface area contributed by atoms with Gasteiger partial charge in [0.2, 0.25) is 0 Å². The van der Waals surface area contributed by atoms with Gasteiger partial charge in [0.15, 0.2) is 11.5 Å². The van der Waals surface area contributed by atoms with Crippen molar-refractivity contribution in [3.63, 3.8) is 0 Å². The van der Waals surface area contributed by atoms with Gasteiger partial charge in [-0.25, -0.2) is 0 Å². The molecule has 0 saturated carbocycles. The summed E-state index contributed by atoms with van der Waals surface area (Å²) in [6.07, 6.45) is 3.80. The molecule has 4 heteroatoms. The van der Waals surface area contributed by atoms with Gasteiger partial charge >= 0.3 is 0 Å². The molecule has 2 heterocycles. The second-order valence-corrected chi connectivity index (χ2v) is 6.93. The summed E-state index contributed by atoms with van der Waals surface area (Å²) in [5, 5.41) is 0. The maximum atomic E-state index is 5.46. The Morgan fingerprint density at radius 1 is 0.963 bits per heavy atom. The lowest BCUT2D eigenvalue weighted by Crippen LogP contribution is -2.32. The Balaban J connectivity index is 1.39. The molecule has 1 aromatic heterocycles. The van der Waals surface area contributed by atoms with Crippen molar-refractivity contribution in [2.45, 2.75) is 19.4 Å². The van der Waals surface area contributed by atoms with E-state index in [1.54, 1.807) is 20.5 Å². The van der Waals surface area contributed by atoms with Crippen molar-refractivity contribution < 1.29 is 13.9 Å². The van der Waals surface area contributed by atoms with Crippen molar-refractivity contribution in [1.29, 1.82) is 0 Å². The molecule has 0 N–H and O–H groups in total. The first-order valence-corrected chi connectivity index (χ1v) is 9.36. The first kappa shape index (κ1) is 17.7. The highest BCUT2D eigenvalue weighted by Gasteiger charge is 2.19. The Morgan fingerprint density at radius 2 is 1.70 bits per heavy atom. The number of furan rings is 1. The molecule has 4 rings (SSSR count). The van der Waals surface area contributed by atoms with Crippen LogP contribution >= 0.6 is 0 Å². The summed E-state index contributed by atoms with van der Waals surface area (Å²) in [5.74, 6) is 2.55. The van der Waals surface area contributed by atoms with E-state index in [1.807, 2.05) is 12.1 Å². The van der Waals surface area contributed by atoms with Crippen molar-refractivity contribution in [3.8, 4) is 22.8 Å². The first-order chi connectivity index (χ1) is 13.3. The average Bonchev–Trinajstić information content (AvgIpc) is 3.26. The minimum atomic E-state index is 0.812. The second kappa shape index (κ2) is 7.89. The summed E-state index contributed by atoms with van der Waals surface area (Å²) in [4.78, 5) is 2.51. The maximum absolute atomic E-state index is 5.46. The standard InChI is InChI=1S/C23H25NO3/c1-25-22-14-19-10-12-24(16-20(19)15-23(22)26-2)11-9-17-5-7-18(8-6-17)21-4-3-13-27-21/h3-8,13-15H,9-12,16H2,1-2H3. The Kier molecular flexibility index (Phi) is 5.16. The number of fused-ring (bicyclic) bond motifs is 1. The molecule has 1 aliphatic rings. The molecule has 27 heavy (non-hydrogen) atoms. The number of methoxy groups -OCH3 is 2. The molecule has 0 aliphatic carbocycles. The highest BCUT2D eigenvalue weighted by atomic mass is 16.5. The molecular formula is C23H25NO3. The second-order valence-electron chi connectivity index (χ2n) is 6.93. The third-order valence-corrected chi connectivity index (χ3v) is 5.27. The van der Waals surface area contributed by atoms with Crippen LogP contribution < -0.4 is 9.47 Å². The normalized spacial score (nSPS) is 14.0. The lowest BCUT2D eigenvalue weighted by Gasteiger charge is -2.29. The molecule has 0 spiro atoms. The molecule has 0 radical (unpaired) electrons. The minimum absolute atomic E-state index is 0.812. The monoisotopic (exact) mass is 363 g/mol. The predicted octanol–water partition coefficient (Wildman–Crippen LogP) is 4.56. The van der Waals surface area contributed by atoms with E-state index in [4.69, 9.17) is 13.9 Å². The van der Waals surface area contributed by atoms with E-state index in [1.165, 1.54) is 16.7 Å². The van der Waals surface area contributed by atoms with Gasteiger partial charge in [-0.1, -0.05) is 24.3 Å². The summed E-state index contributed by atoms with van der Waals surface area (Å²) >= 11 is 0. The highest BCUT2D eigenvalue weighted by molar-refractivity contribution is 5.57. The molecule has 0 fully saturated rings. The zero-order chi connectivity index (χ0) is 18.6. The molecule has 0 saturated heterocycles. The van der Waals surface area contributed by atoms with Crippen LogP contribution in [0, 0.1) is 0 Å². The van der Waals surface area contributed by atoms with Gasteiger partial charge in [-0.05, 0) is 53.8 Å². The van der Waals surface area contributed by atoms with E-state index in [0.29, 0.717) is 0 Å². The van der Waals surface area contributed by atoms with Crippen molar-refractivity contribution in [2.24, 2.45) is 0 Å².